The Morgan fingerprint density at radius 1 is 1.07 bits per heavy atom. The van der Waals surface area contributed by atoms with Crippen molar-refractivity contribution in [2.24, 2.45) is 0 Å². The Morgan fingerprint density at radius 3 is 2.70 bits per heavy atom. The third-order valence-corrected chi connectivity index (χ3v) is 3.74. The quantitative estimate of drug-likeness (QED) is 0.419. The van der Waals surface area contributed by atoms with Gasteiger partial charge in [-0.05, 0) is 30.5 Å². The number of benzene rings is 1. The molecule has 0 fully saturated rings. The minimum absolute atomic E-state index is 0.120. The molecule has 2 heterocycles. The van der Waals surface area contributed by atoms with Gasteiger partial charge in [0.05, 0.1) is 6.61 Å². The van der Waals surface area contributed by atoms with Gasteiger partial charge >= 0.3 is 6.01 Å². The molecule has 1 aromatic carbocycles. The van der Waals surface area contributed by atoms with Crippen molar-refractivity contribution in [3.8, 4) is 11.4 Å². The van der Waals surface area contributed by atoms with Gasteiger partial charge in [-0.3, -0.25) is 15.2 Å². The molecule has 3 rings (SSSR count). The maximum atomic E-state index is 11.8. The van der Waals surface area contributed by atoms with Crippen molar-refractivity contribution in [3.63, 3.8) is 0 Å². The number of hydrogen-bond acceptors (Lipinski definition) is 7. The van der Waals surface area contributed by atoms with Gasteiger partial charge in [0.2, 0.25) is 11.7 Å². The lowest BCUT2D eigenvalue weighted by molar-refractivity contribution is -0.121. The van der Waals surface area contributed by atoms with E-state index in [0.29, 0.717) is 31.9 Å². The molecule has 0 aliphatic heterocycles. The van der Waals surface area contributed by atoms with Crippen molar-refractivity contribution < 1.29 is 14.1 Å². The van der Waals surface area contributed by atoms with Gasteiger partial charge in [0.15, 0.2) is 0 Å². The summed E-state index contributed by atoms with van der Waals surface area (Å²) in [5, 5.41) is 3.84. The van der Waals surface area contributed by atoms with Crippen molar-refractivity contribution in [2.75, 3.05) is 18.6 Å². The molecule has 0 aliphatic rings. The van der Waals surface area contributed by atoms with Crippen LogP contribution in [0.1, 0.15) is 18.4 Å². The molecule has 0 spiro atoms. The third-order valence-electron chi connectivity index (χ3n) is 3.74. The number of hydrazine groups is 1. The second kappa shape index (κ2) is 10.0. The average molecular weight is 367 g/mol. The number of carbonyl (C=O) groups excluding carboxylic acids is 1. The van der Waals surface area contributed by atoms with E-state index in [1.165, 1.54) is 5.56 Å². The van der Waals surface area contributed by atoms with Gasteiger partial charge in [0, 0.05) is 31.0 Å². The van der Waals surface area contributed by atoms with Crippen LogP contribution in [0, 0.1) is 0 Å². The van der Waals surface area contributed by atoms with Crippen LogP contribution in [0.2, 0.25) is 0 Å². The highest BCUT2D eigenvalue weighted by Crippen LogP contribution is 2.15. The monoisotopic (exact) mass is 367 g/mol. The molecule has 1 amide bonds. The molecule has 0 aliphatic carbocycles. The van der Waals surface area contributed by atoms with E-state index in [-0.39, 0.29) is 11.9 Å². The van der Waals surface area contributed by atoms with E-state index < -0.39 is 0 Å². The largest absolute Gasteiger partial charge is 0.381 e. The first-order chi connectivity index (χ1) is 13.3. The first-order valence-electron chi connectivity index (χ1n) is 8.72. The number of hydrogen-bond donors (Lipinski definition) is 2. The molecule has 2 N–H and O–H groups in total. The lowest BCUT2D eigenvalue weighted by atomic mass is 10.2. The molecular formula is C19H21N5O3. The van der Waals surface area contributed by atoms with Crippen LogP contribution < -0.4 is 10.9 Å². The summed E-state index contributed by atoms with van der Waals surface area (Å²) in [5.74, 6) is 0.242. The molecule has 8 heteroatoms. The molecule has 0 saturated carbocycles. The summed E-state index contributed by atoms with van der Waals surface area (Å²) < 4.78 is 10.6. The molecule has 27 heavy (non-hydrogen) atoms. The standard InChI is InChI=1S/C19H21N5O3/c25-17(7-4-13-26-14-10-15-5-2-1-3-6-15)22-23-19-21-18(24-27-19)16-8-11-20-12-9-16/h1-3,5-6,8-9,11-12H,4,7,10,13-14H2,(H,22,25)(H,21,23,24). The van der Waals surface area contributed by atoms with Crippen LogP contribution in [-0.4, -0.2) is 34.2 Å². The highest BCUT2D eigenvalue weighted by molar-refractivity contribution is 5.76. The Labute approximate surface area is 156 Å². The van der Waals surface area contributed by atoms with E-state index >= 15 is 0 Å². The van der Waals surface area contributed by atoms with Gasteiger partial charge in [-0.15, -0.1) is 0 Å². The number of rotatable bonds is 10. The first kappa shape index (κ1) is 18.5. The molecule has 0 atom stereocenters. The van der Waals surface area contributed by atoms with E-state index in [4.69, 9.17) is 9.26 Å². The number of carbonyl (C=O) groups is 1. The van der Waals surface area contributed by atoms with E-state index in [1.54, 1.807) is 24.5 Å². The van der Waals surface area contributed by atoms with Gasteiger partial charge in [0.25, 0.3) is 0 Å². The highest BCUT2D eigenvalue weighted by atomic mass is 16.5. The number of anilines is 1. The van der Waals surface area contributed by atoms with E-state index in [9.17, 15) is 4.79 Å². The van der Waals surface area contributed by atoms with Crippen LogP contribution >= 0.6 is 0 Å². The van der Waals surface area contributed by atoms with Gasteiger partial charge in [-0.2, -0.15) is 4.98 Å². The van der Waals surface area contributed by atoms with Crippen molar-refractivity contribution >= 4 is 11.9 Å². The molecule has 8 nitrogen and oxygen atoms in total. The highest BCUT2D eigenvalue weighted by Gasteiger charge is 2.09. The van der Waals surface area contributed by atoms with Gasteiger partial charge in [-0.1, -0.05) is 35.5 Å². The Bertz CT molecular complexity index is 824. The Kier molecular flexibility index (Phi) is 6.88. The predicted molar refractivity (Wildman–Crippen MR) is 99.5 cm³/mol. The normalized spacial score (nSPS) is 10.5. The van der Waals surface area contributed by atoms with Gasteiger partial charge in [-0.25, -0.2) is 5.43 Å². The second-order valence-corrected chi connectivity index (χ2v) is 5.78. The number of aromatic nitrogens is 3. The molecule has 140 valence electrons. The van der Waals surface area contributed by atoms with E-state index in [0.717, 1.165) is 12.0 Å². The van der Waals surface area contributed by atoms with Crippen LogP contribution in [0.4, 0.5) is 6.01 Å². The Balaban J connectivity index is 1.28. The minimum atomic E-state index is -0.176. The number of nitrogens with one attached hydrogen (secondary N) is 2. The number of nitrogens with zero attached hydrogens (tertiary/aromatic N) is 3. The summed E-state index contributed by atoms with van der Waals surface area (Å²) in [4.78, 5) is 19.9. The van der Waals surface area contributed by atoms with Crippen LogP contribution in [-0.2, 0) is 16.0 Å². The lowest BCUT2D eigenvalue weighted by Crippen LogP contribution is -2.29. The van der Waals surface area contributed by atoms with Crippen molar-refractivity contribution in [2.45, 2.75) is 19.3 Å². The Hall–Kier alpha value is -3.26. The van der Waals surface area contributed by atoms with E-state index in [2.05, 4.69) is 38.1 Å². The lowest BCUT2D eigenvalue weighted by Gasteiger charge is -2.06. The maximum absolute atomic E-state index is 11.8. The maximum Gasteiger partial charge on any atom is 0.340 e. The molecule has 0 saturated heterocycles. The fraction of sp³-hybridized carbons (Fsp3) is 0.263. The summed E-state index contributed by atoms with van der Waals surface area (Å²) in [5.41, 5.74) is 7.16. The van der Waals surface area contributed by atoms with Crippen molar-refractivity contribution in [3.05, 3.63) is 60.4 Å². The Morgan fingerprint density at radius 2 is 1.89 bits per heavy atom. The van der Waals surface area contributed by atoms with Crippen molar-refractivity contribution in [1.29, 1.82) is 0 Å². The first-order valence-corrected chi connectivity index (χ1v) is 8.72. The molecule has 3 aromatic rings. The summed E-state index contributed by atoms with van der Waals surface area (Å²) in [7, 11) is 0. The summed E-state index contributed by atoms with van der Waals surface area (Å²) >= 11 is 0. The molecule has 0 unspecified atom stereocenters. The second-order valence-electron chi connectivity index (χ2n) is 5.78. The number of pyridine rings is 1. The number of ether oxygens (including phenoxy) is 1. The summed E-state index contributed by atoms with van der Waals surface area (Å²) in [6.07, 6.45) is 5.12. The summed E-state index contributed by atoms with van der Waals surface area (Å²) in [6, 6.07) is 13.8. The molecule has 2 aromatic heterocycles. The van der Waals surface area contributed by atoms with Gasteiger partial charge in [0.1, 0.15) is 0 Å². The van der Waals surface area contributed by atoms with Crippen LogP contribution in [0.25, 0.3) is 11.4 Å². The smallest absolute Gasteiger partial charge is 0.340 e. The minimum Gasteiger partial charge on any atom is -0.381 e. The van der Waals surface area contributed by atoms with Gasteiger partial charge < -0.3 is 9.26 Å². The molecule has 0 bridgehead atoms. The molecular weight excluding hydrogens is 346 g/mol. The van der Waals surface area contributed by atoms with Crippen LogP contribution in [0.15, 0.2) is 59.4 Å². The van der Waals surface area contributed by atoms with Crippen LogP contribution in [0.3, 0.4) is 0 Å². The van der Waals surface area contributed by atoms with Crippen molar-refractivity contribution in [1.82, 2.24) is 20.6 Å². The SMILES string of the molecule is O=C(CCCOCCc1ccccc1)NNc1nc(-c2ccncc2)no1. The number of amides is 1. The van der Waals surface area contributed by atoms with E-state index in [1.807, 2.05) is 18.2 Å². The zero-order valence-corrected chi connectivity index (χ0v) is 14.8. The fourth-order valence-corrected chi connectivity index (χ4v) is 2.35. The predicted octanol–water partition coefficient (Wildman–Crippen LogP) is 2.61. The topological polar surface area (TPSA) is 102 Å². The summed E-state index contributed by atoms with van der Waals surface area (Å²) in [6.45, 7) is 1.18. The average Bonchev–Trinajstić information content (AvgIpc) is 3.20. The zero-order chi connectivity index (χ0) is 18.7. The zero-order valence-electron chi connectivity index (χ0n) is 14.8. The fourth-order valence-electron chi connectivity index (χ4n) is 2.35. The molecule has 0 radical (unpaired) electrons. The van der Waals surface area contributed by atoms with Crippen LogP contribution in [0.5, 0.6) is 0 Å². The third kappa shape index (κ3) is 6.19.